The van der Waals surface area contributed by atoms with Gasteiger partial charge in [-0.1, -0.05) is 30.3 Å². The highest BCUT2D eigenvalue weighted by Crippen LogP contribution is 2.41. The molecular weight excluding hydrogens is 370 g/mol. The molecule has 30 heavy (non-hydrogen) atoms. The second-order valence-electron chi connectivity index (χ2n) is 9.66. The van der Waals surface area contributed by atoms with Crippen molar-refractivity contribution in [2.75, 3.05) is 56.1 Å². The summed E-state index contributed by atoms with van der Waals surface area (Å²) in [5, 5.41) is 10.6. The lowest BCUT2D eigenvalue weighted by Gasteiger charge is -2.37. The molecular formula is C26H35N3O. The first-order valence-electron chi connectivity index (χ1n) is 11.7. The molecule has 0 bridgehead atoms. The molecule has 4 nitrogen and oxygen atoms in total. The van der Waals surface area contributed by atoms with E-state index in [0.717, 1.165) is 70.5 Å². The third-order valence-electron chi connectivity index (χ3n) is 7.58. The van der Waals surface area contributed by atoms with E-state index in [1.54, 1.807) is 0 Å². The van der Waals surface area contributed by atoms with E-state index in [0.29, 0.717) is 5.92 Å². The fraction of sp³-hybridized carbons (Fsp3) is 0.538. The molecule has 2 aromatic rings. The molecule has 0 aromatic heterocycles. The summed E-state index contributed by atoms with van der Waals surface area (Å²) < 4.78 is 0. The van der Waals surface area contributed by atoms with Crippen molar-refractivity contribution in [2.24, 2.45) is 5.92 Å². The Labute approximate surface area is 181 Å². The molecule has 1 saturated carbocycles. The first-order valence-corrected chi connectivity index (χ1v) is 11.7. The van der Waals surface area contributed by atoms with Crippen molar-refractivity contribution in [2.45, 2.75) is 37.7 Å². The lowest BCUT2D eigenvalue weighted by Crippen LogP contribution is -2.44. The van der Waals surface area contributed by atoms with Crippen molar-refractivity contribution < 1.29 is 5.11 Å². The lowest BCUT2D eigenvalue weighted by atomic mass is 9.75. The van der Waals surface area contributed by atoms with E-state index in [1.165, 1.54) is 23.4 Å². The molecule has 0 radical (unpaired) electrons. The second kappa shape index (κ2) is 8.24. The maximum absolute atomic E-state index is 10.6. The van der Waals surface area contributed by atoms with E-state index >= 15 is 0 Å². The molecule has 2 aromatic carbocycles. The van der Waals surface area contributed by atoms with Crippen LogP contribution < -0.4 is 9.80 Å². The van der Waals surface area contributed by atoms with Gasteiger partial charge in [0.05, 0.1) is 5.60 Å². The Morgan fingerprint density at radius 2 is 1.63 bits per heavy atom. The van der Waals surface area contributed by atoms with E-state index in [1.807, 2.05) is 0 Å². The molecule has 1 aliphatic carbocycles. The molecule has 3 aliphatic rings. The Morgan fingerprint density at radius 3 is 2.33 bits per heavy atom. The van der Waals surface area contributed by atoms with E-state index in [4.69, 9.17) is 0 Å². The Hall–Kier alpha value is -2.04. The summed E-state index contributed by atoms with van der Waals surface area (Å²) in [6.07, 6.45) is 5.37. The van der Waals surface area contributed by atoms with Gasteiger partial charge in [0.1, 0.15) is 0 Å². The van der Waals surface area contributed by atoms with Crippen molar-refractivity contribution in [3.8, 4) is 0 Å². The quantitative estimate of drug-likeness (QED) is 0.818. The van der Waals surface area contributed by atoms with Crippen LogP contribution in [0.15, 0.2) is 48.5 Å². The third-order valence-corrected chi connectivity index (χ3v) is 7.58. The van der Waals surface area contributed by atoms with Gasteiger partial charge in [-0.3, -0.25) is 0 Å². The minimum Gasteiger partial charge on any atom is -0.385 e. The van der Waals surface area contributed by atoms with E-state index in [-0.39, 0.29) is 0 Å². The average molecular weight is 406 g/mol. The van der Waals surface area contributed by atoms with Crippen LogP contribution in [-0.4, -0.2) is 56.3 Å². The van der Waals surface area contributed by atoms with Crippen LogP contribution in [0.3, 0.4) is 0 Å². The van der Waals surface area contributed by atoms with E-state index < -0.39 is 5.60 Å². The molecule has 0 amide bonds. The predicted octanol–water partition coefficient (Wildman–Crippen LogP) is 3.88. The van der Waals surface area contributed by atoms with Gasteiger partial charge in [0.15, 0.2) is 0 Å². The maximum Gasteiger partial charge on any atom is 0.0896 e. The predicted molar refractivity (Wildman–Crippen MR) is 124 cm³/mol. The molecule has 5 rings (SSSR count). The molecule has 4 heteroatoms. The SMILES string of the molecule is CN1CCN(c2ccccc2CC2CCN(c3ccc(C4(O)CCC4)cc3)C2)CC1. The molecule has 1 unspecified atom stereocenters. The first-order chi connectivity index (χ1) is 14.6. The minimum absolute atomic E-state index is 0.557. The van der Waals surface area contributed by atoms with Crippen LogP contribution >= 0.6 is 0 Å². The van der Waals surface area contributed by atoms with Crippen molar-refractivity contribution in [1.82, 2.24) is 4.90 Å². The molecule has 0 spiro atoms. The van der Waals surface area contributed by atoms with Crippen molar-refractivity contribution in [3.05, 3.63) is 59.7 Å². The molecule has 2 heterocycles. The first kappa shape index (κ1) is 19.9. The largest absolute Gasteiger partial charge is 0.385 e. The highest BCUT2D eigenvalue weighted by Gasteiger charge is 2.36. The number of anilines is 2. The zero-order chi connectivity index (χ0) is 20.6. The van der Waals surface area contributed by atoms with E-state index in [2.05, 4.69) is 70.3 Å². The number of rotatable bonds is 5. The van der Waals surface area contributed by atoms with Crippen LogP contribution in [-0.2, 0) is 12.0 Å². The molecule has 2 saturated heterocycles. The van der Waals surface area contributed by atoms with Gasteiger partial charge < -0.3 is 19.8 Å². The van der Waals surface area contributed by atoms with Crippen LogP contribution in [0.5, 0.6) is 0 Å². The van der Waals surface area contributed by atoms with Gasteiger partial charge in [-0.2, -0.15) is 0 Å². The summed E-state index contributed by atoms with van der Waals surface area (Å²) in [6.45, 7) is 6.81. The number of hydrogen-bond acceptors (Lipinski definition) is 4. The normalized spacial score (nSPS) is 24.1. The van der Waals surface area contributed by atoms with Gasteiger partial charge in [-0.25, -0.2) is 0 Å². The average Bonchev–Trinajstić information content (AvgIpc) is 3.22. The second-order valence-corrected chi connectivity index (χ2v) is 9.66. The number of benzene rings is 2. The Morgan fingerprint density at radius 1 is 0.900 bits per heavy atom. The Kier molecular flexibility index (Phi) is 5.46. The number of para-hydroxylation sites is 1. The van der Waals surface area contributed by atoms with Crippen LogP contribution in [0.2, 0.25) is 0 Å². The summed E-state index contributed by atoms with van der Waals surface area (Å²) in [5.74, 6) is 0.703. The number of nitrogens with zero attached hydrogens (tertiary/aromatic N) is 3. The van der Waals surface area contributed by atoms with Gasteiger partial charge in [0, 0.05) is 50.6 Å². The number of hydrogen-bond donors (Lipinski definition) is 1. The molecule has 3 fully saturated rings. The van der Waals surface area contributed by atoms with Gasteiger partial charge >= 0.3 is 0 Å². The third kappa shape index (κ3) is 3.95. The minimum atomic E-state index is -0.557. The smallest absolute Gasteiger partial charge is 0.0896 e. The summed E-state index contributed by atoms with van der Waals surface area (Å²) in [5.41, 5.74) is 4.79. The van der Waals surface area contributed by atoms with Gasteiger partial charge in [0.25, 0.3) is 0 Å². The summed E-state index contributed by atoms with van der Waals surface area (Å²) in [4.78, 5) is 7.52. The molecule has 1 N–H and O–H groups in total. The molecule has 160 valence electrons. The summed E-state index contributed by atoms with van der Waals surface area (Å²) in [7, 11) is 2.22. The van der Waals surface area contributed by atoms with Crippen LogP contribution in [0.25, 0.3) is 0 Å². The fourth-order valence-electron chi connectivity index (χ4n) is 5.37. The Bertz CT molecular complexity index is 853. The molecule has 2 aliphatic heterocycles. The van der Waals surface area contributed by atoms with Gasteiger partial charge in [-0.15, -0.1) is 0 Å². The summed E-state index contributed by atoms with van der Waals surface area (Å²) in [6, 6.07) is 17.8. The van der Waals surface area contributed by atoms with Gasteiger partial charge in [-0.05, 0) is 74.4 Å². The van der Waals surface area contributed by atoms with Crippen LogP contribution in [0, 0.1) is 5.92 Å². The highest BCUT2D eigenvalue weighted by molar-refractivity contribution is 5.55. The molecule has 1 atom stereocenters. The summed E-state index contributed by atoms with van der Waals surface area (Å²) >= 11 is 0. The van der Waals surface area contributed by atoms with Crippen molar-refractivity contribution in [3.63, 3.8) is 0 Å². The number of likely N-dealkylation sites (N-methyl/N-ethyl adjacent to an activating group) is 1. The number of piperazine rings is 1. The highest BCUT2D eigenvalue weighted by atomic mass is 16.3. The standard InChI is InChI=1S/C26H35N3O/c1-27-15-17-28(18-16-27)25-6-3-2-5-22(25)19-21-11-14-29(20-21)24-9-7-23(8-10-24)26(30)12-4-13-26/h2-3,5-10,21,30H,4,11-20H2,1H3. The zero-order valence-electron chi connectivity index (χ0n) is 18.3. The topological polar surface area (TPSA) is 30.0 Å². The van der Waals surface area contributed by atoms with Crippen LogP contribution in [0.4, 0.5) is 11.4 Å². The van der Waals surface area contributed by atoms with Crippen LogP contribution in [0.1, 0.15) is 36.8 Å². The number of aliphatic hydroxyl groups is 1. The Balaban J connectivity index is 1.23. The monoisotopic (exact) mass is 405 g/mol. The van der Waals surface area contributed by atoms with Crippen molar-refractivity contribution in [1.29, 1.82) is 0 Å². The fourth-order valence-corrected chi connectivity index (χ4v) is 5.37. The van der Waals surface area contributed by atoms with E-state index in [9.17, 15) is 5.11 Å². The lowest BCUT2D eigenvalue weighted by molar-refractivity contribution is -0.0387. The van der Waals surface area contributed by atoms with Gasteiger partial charge in [0.2, 0.25) is 0 Å². The maximum atomic E-state index is 10.6. The van der Waals surface area contributed by atoms with Crippen molar-refractivity contribution >= 4 is 11.4 Å². The zero-order valence-corrected chi connectivity index (χ0v) is 18.3.